The first-order chi connectivity index (χ1) is 11.8. The topological polar surface area (TPSA) is 60.0 Å². The quantitative estimate of drug-likeness (QED) is 0.809. The number of nitrogens with one attached hydrogen (secondary N) is 2. The predicted molar refractivity (Wildman–Crippen MR) is 88.5 cm³/mol. The Balaban J connectivity index is 1.49. The van der Waals surface area contributed by atoms with E-state index in [0.29, 0.717) is 12.2 Å². The summed E-state index contributed by atoms with van der Waals surface area (Å²) in [7, 11) is 0. The molecule has 6 heteroatoms. The van der Waals surface area contributed by atoms with Gasteiger partial charge in [-0.3, -0.25) is 25.5 Å². The van der Waals surface area contributed by atoms with Crippen LogP contribution in [0.15, 0.2) is 47.5 Å². The number of fused-ring (bicyclic) bond motifs is 1. The van der Waals surface area contributed by atoms with Gasteiger partial charge in [0.1, 0.15) is 12.5 Å². The van der Waals surface area contributed by atoms with Gasteiger partial charge in [0, 0.05) is 13.1 Å². The van der Waals surface area contributed by atoms with Crippen molar-refractivity contribution in [3.63, 3.8) is 0 Å². The average molecular weight is 319 g/mol. The van der Waals surface area contributed by atoms with Crippen LogP contribution in [0.5, 0.6) is 0 Å². The molecule has 2 aromatic rings. The molecule has 0 saturated carbocycles. The molecule has 120 valence electrons. The van der Waals surface area contributed by atoms with E-state index in [1.807, 2.05) is 18.2 Å². The number of hydrogen-bond donors (Lipinski definition) is 2. The Morgan fingerprint density at radius 3 is 2.58 bits per heavy atom. The molecule has 0 radical (unpaired) electrons. The number of carbonyl (C=O) groups excluding carboxylic acids is 1. The summed E-state index contributed by atoms with van der Waals surface area (Å²) in [6, 6.07) is 14.3. The third kappa shape index (κ3) is 2.00. The van der Waals surface area contributed by atoms with Crippen LogP contribution in [0, 0.1) is 0 Å². The van der Waals surface area contributed by atoms with E-state index in [0.717, 1.165) is 36.2 Å². The average Bonchev–Trinajstić information content (AvgIpc) is 3.02. The lowest BCUT2D eigenvalue weighted by Crippen LogP contribution is -2.58. The van der Waals surface area contributed by atoms with Gasteiger partial charge in [0.15, 0.2) is 0 Å². The molecule has 0 unspecified atom stereocenters. The van der Waals surface area contributed by atoms with Gasteiger partial charge in [-0.15, -0.1) is 0 Å². The first-order valence-corrected chi connectivity index (χ1v) is 8.08. The second-order valence-electron chi connectivity index (χ2n) is 6.36. The smallest absolute Gasteiger partial charge is 0.270 e. The molecule has 0 spiro atoms. The van der Waals surface area contributed by atoms with Gasteiger partial charge in [0.25, 0.3) is 5.91 Å². The molecular formula is C18H17N5O. The van der Waals surface area contributed by atoms with Crippen molar-refractivity contribution in [2.24, 2.45) is 4.99 Å². The molecule has 0 bridgehead atoms. The summed E-state index contributed by atoms with van der Waals surface area (Å²) in [5.74, 6) is 0.826. The van der Waals surface area contributed by atoms with Crippen LogP contribution in [0.2, 0.25) is 0 Å². The Morgan fingerprint density at radius 2 is 1.79 bits per heavy atom. The van der Waals surface area contributed by atoms with Crippen molar-refractivity contribution in [3.05, 3.63) is 69.7 Å². The minimum Gasteiger partial charge on any atom is -0.324 e. The normalized spacial score (nSPS) is 18.4. The number of nitrogens with zero attached hydrogens (tertiary/aromatic N) is 3. The van der Waals surface area contributed by atoms with Gasteiger partial charge in [-0.05, 0) is 23.3 Å². The molecular weight excluding hydrogens is 302 g/mol. The predicted octanol–water partition coefficient (Wildman–Crippen LogP) is -0.134. The van der Waals surface area contributed by atoms with Crippen molar-refractivity contribution in [1.29, 1.82) is 0 Å². The number of amides is 1. The lowest BCUT2D eigenvalue weighted by molar-refractivity contribution is 0.0924. The van der Waals surface area contributed by atoms with Crippen LogP contribution in [0.3, 0.4) is 0 Å². The Bertz CT molecular complexity index is 943. The minimum absolute atomic E-state index is 0.110. The largest absolute Gasteiger partial charge is 0.324 e. The Morgan fingerprint density at radius 1 is 1.00 bits per heavy atom. The summed E-state index contributed by atoms with van der Waals surface area (Å²) in [6.07, 6.45) is 0. The van der Waals surface area contributed by atoms with Crippen LogP contribution in [0.25, 0.3) is 5.82 Å². The number of hydrazine groups is 1. The van der Waals surface area contributed by atoms with Crippen molar-refractivity contribution in [1.82, 2.24) is 20.7 Å². The third-order valence-corrected chi connectivity index (χ3v) is 4.82. The van der Waals surface area contributed by atoms with Crippen LogP contribution < -0.4 is 21.4 Å². The number of benzene rings is 2. The molecule has 0 aromatic heterocycles. The van der Waals surface area contributed by atoms with E-state index in [9.17, 15) is 4.79 Å². The maximum Gasteiger partial charge on any atom is 0.270 e. The van der Waals surface area contributed by atoms with Gasteiger partial charge in [-0.25, -0.2) is 0 Å². The van der Waals surface area contributed by atoms with Crippen molar-refractivity contribution < 1.29 is 4.79 Å². The molecule has 0 atom stereocenters. The summed E-state index contributed by atoms with van der Waals surface area (Å²) in [6.45, 7) is 3.24. The molecule has 24 heavy (non-hydrogen) atoms. The van der Waals surface area contributed by atoms with E-state index in [1.54, 1.807) is 0 Å². The second kappa shape index (κ2) is 5.07. The lowest BCUT2D eigenvalue weighted by Gasteiger charge is -2.34. The van der Waals surface area contributed by atoms with E-state index < -0.39 is 0 Å². The Kier molecular flexibility index (Phi) is 2.87. The second-order valence-corrected chi connectivity index (χ2v) is 6.36. The number of hydrogen-bond acceptors (Lipinski definition) is 5. The standard InChI is InChI=1S/C18H17N5O/c24-18-14-6-3-7-15-16(14)17(20-21-18)23(10-19-15)11-22-8-12-4-1-2-5-13(12)9-22/h1-7,20H,8-11H2,(H,21,24). The fraction of sp³-hybridized carbons (Fsp3) is 0.222. The van der Waals surface area contributed by atoms with Crippen molar-refractivity contribution in [2.75, 3.05) is 13.3 Å². The molecule has 2 aromatic carbocycles. The molecule has 0 aliphatic carbocycles. The molecule has 3 aliphatic rings. The SMILES string of the molecule is O=C1NNC2=c3c1cccc3=NCN2CN1Cc2ccccc2C1. The van der Waals surface area contributed by atoms with E-state index in [2.05, 4.69) is 49.9 Å². The first-order valence-electron chi connectivity index (χ1n) is 8.08. The van der Waals surface area contributed by atoms with Gasteiger partial charge in [0.2, 0.25) is 0 Å². The number of carbonyl (C=O) groups is 1. The molecule has 3 heterocycles. The highest BCUT2D eigenvalue weighted by Gasteiger charge is 2.26. The van der Waals surface area contributed by atoms with Gasteiger partial charge in [-0.2, -0.15) is 0 Å². The summed E-state index contributed by atoms with van der Waals surface area (Å²) >= 11 is 0. The van der Waals surface area contributed by atoms with Crippen LogP contribution in [0.1, 0.15) is 21.5 Å². The van der Waals surface area contributed by atoms with Crippen LogP contribution in [-0.2, 0) is 13.1 Å². The molecule has 6 nitrogen and oxygen atoms in total. The summed E-state index contributed by atoms with van der Waals surface area (Å²) < 4.78 is 0. The van der Waals surface area contributed by atoms with E-state index >= 15 is 0 Å². The van der Waals surface area contributed by atoms with Crippen LogP contribution >= 0.6 is 0 Å². The minimum atomic E-state index is -0.110. The van der Waals surface area contributed by atoms with Crippen LogP contribution in [0.4, 0.5) is 0 Å². The van der Waals surface area contributed by atoms with Crippen molar-refractivity contribution in [3.8, 4) is 0 Å². The fourth-order valence-corrected chi connectivity index (χ4v) is 3.69. The molecule has 1 amide bonds. The van der Waals surface area contributed by atoms with Crippen molar-refractivity contribution in [2.45, 2.75) is 13.1 Å². The van der Waals surface area contributed by atoms with Gasteiger partial charge in [0.05, 0.1) is 22.8 Å². The molecule has 3 aliphatic heterocycles. The van der Waals surface area contributed by atoms with Crippen molar-refractivity contribution >= 4 is 11.7 Å². The summed E-state index contributed by atoms with van der Waals surface area (Å²) in [5.41, 5.74) is 9.28. The van der Waals surface area contributed by atoms with Gasteiger partial charge >= 0.3 is 0 Å². The Labute approximate surface area is 139 Å². The zero-order valence-electron chi connectivity index (χ0n) is 13.1. The maximum absolute atomic E-state index is 12.1. The van der Waals surface area contributed by atoms with E-state index in [4.69, 9.17) is 0 Å². The molecule has 0 fully saturated rings. The maximum atomic E-state index is 12.1. The summed E-state index contributed by atoms with van der Waals surface area (Å²) in [5, 5.41) is 1.79. The lowest BCUT2D eigenvalue weighted by atomic mass is 10.1. The Hall–Kier alpha value is -2.86. The molecule has 0 saturated heterocycles. The first kappa shape index (κ1) is 13.6. The molecule has 5 rings (SSSR count). The monoisotopic (exact) mass is 319 g/mol. The fourth-order valence-electron chi connectivity index (χ4n) is 3.69. The van der Waals surface area contributed by atoms with Gasteiger partial charge in [-0.1, -0.05) is 30.3 Å². The van der Waals surface area contributed by atoms with Gasteiger partial charge < -0.3 is 4.90 Å². The van der Waals surface area contributed by atoms with Crippen LogP contribution in [-0.4, -0.2) is 29.0 Å². The number of rotatable bonds is 2. The highest BCUT2D eigenvalue weighted by Crippen LogP contribution is 2.23. The third-order valence-electron chi connectivity index (χ3n) is 4.82. The van der Waals surface area contributed by atoms with E-state index in [-0.39, 0.29) is 5.91 Å². The molecule has 2 N–H and O–H groups in total. The zero-order valence-corrected chi connectivity index (χ0v) is 13.1. The van der Waals surface area contributed by atoms with E-state index in [1.165, 1.54) is 11.1 Å². The highest BCUT2D eigenvalue weighted by atomic mass is 16.2. The highest BCUT2D eigenvalue weighted by molar-refractivity contribution is 5.96. The summed E-state index contributed by atoms with van der Waals surface area (Å²) in [4.78, 5) is 21.3. The zero-order chi connectivity index (χ0) is 16.1.